The van der Waals surface area contributed by atoms with Gasteiger partial charge in [-0.3, -0.25) is 29.0 Å². The molecule has 8 heteroatoms. The lowest BCUT2D eigenvalue weighted by molar-refractivity contribution is -0.129. The molecule has 0 radical (unpaired) electrons. The number of rotatable bonds is 18. The zero-order valence-corrected chi connectivity index (χ0v) is 20.5. The molecule has 0 aliphatic heterocycles. The fourth-order valence-electron chi connectivity index (χ4n) is 3.48. The van der Waals surface area contributed by atoms with Gasteiger partial charge in [-0.2, -0.15) is 0 Å². The summed E-state index contributed by atoms with van der Waals surface area (Å²) in [5.41, 5.74) is 0. The second-order valence-corrected chi connectivity index (χ2v) is 7.98. The van der Waals surface area contributed by atoms with Gasteiger partial charge in [0.2, 0.25) is 11.8 Å². The summed E-state index contributed by atoms with van der Waals surface area (Å²) in [5.74, 6) is -0.208. The van der Waals surface area contributed by atoms with Crippen molar-refractivity contribution in [2.24, 2.45) is 0 Å². The number of nitrogens with zero attached hydrogens (tertiary/aromatic N) is 2. The Hall–Kier alpha value is -1.80. The minimum absolute atomic E-state index is 0.120. The number of nitrogens with one attached hydrogen (secondary N) is 2. The molecule has 0 rings (SSSR count). The average Bonchev–Trinajstić information content (AvgIpc) is 2.76. The molecule has 0 heterocycles. The molecule has 0 aromatic heterocycles. The van der Waals surface area contributed by atoms with E-state index in [1.807, 2.05) is 51.6 Å². The molecular formula is C23H44N4O4. The molecule has 180 valence electrons. The Balaban J connectivity index is 4.15. The smallest absolute Gasteiger partial charge is 0.229 e. The van der Waals surface area contributed by atoms with E-state index in [0.29, 0.717) is 51.6 Å². The number of hydrogen-bond acceptors (Lipinski definition) is 6. The Bertz CT molecular complexity index is 520. The minimum Gasteiger partial charge on any atom is -0.356 e. The fourth-order valence-corrected chi connectivity index (χ4v) is 3.48. The van der Waals surface area contributed by atoms with Crippen molar-refractivity contribution in [2.45, 2.75) is 84.7 Å². The predicted molar refractivity (Wildman–Crippen MR) is 124 cm³/mol. The van der Waals surface area contributed by atoms with E-state index in [2.05, 4.69) is 10.6 Å². The SMILES string of the molecule is CCC(=O)[C@@H](CCCNC(=O)CC(=O)NCCC[C@H](C(=O)CC)N(C)CC)N(C)CC. The van der Waals surface area contributed by atoms with Crippen LogP contribution in [0.5, 0.6) is 0 Å². The van der Waals surface area contributed by atoms with Crippen molar-refractivity contribution in [1.29, 1.82) is 0 Å². The molecule has 0 saturated heterocycles. The Morgan fingerprint density at radius 2 is 1.03 bits per heavy atom. The van der Waals surface area contributed by atoms with Crippen LogP contribution in [0.25, 0.3) is 0 Å². The molecule has 31 heavy (non-hydrogen) atoms. The van der Waals surface area contributed by atoms with Crippen LogP contribution in [0, 0.1) is 0 Å². The van der Waals surface area contributed by atoms with Crippen LogP contribution in [0.1, 0.15) is 72.6 Å². The summed E-state index contributed by atoms with van der Waals surface area (Å²) >= 11 is 0. The topological polar surface area (TPSA) is 98.8 Å². The lowest BCUT2D eigenvalue weighted by Gasteiger charge is -2.25. The molecule has 0 fully saturated rings. The van der Waals surface area contributed by atoms with E-state index in [9.17, 15) is 19.2 Å². The molecule has 0 aliphatic rings. The van der Waals surface area contributed by atoms with Gasteiger partial charge in [0.15, 0.2) is 0 Å². The Morgan fingerprint density at radius 1 is 0.677 bits per heavy atom. The second-order valence-electron chi connectivity index (χ2n) is 7.98. The van der Waals surface area contributed by atoms with Crippen molar-refractivity contribution < 1.29 is 19.2 Å². The largest absolute Gasteiger partial charge is 0.356 e. The predicted octanol–water partition coefficient (Wildman–Crippen LogP) is 1.77. The number of amides is 2. The van der Waals surface area contributed by atoms with Gasteiger partial charge in [0.25, 0.3) is 0 Å². The third-order valence-electron chi connectivity index (χ3n) is 5.78. The Morgan fingerprint density at radius 3 is 1.32 bits per heavy atom. The van der Waals surface area contributed by atoms with Gasteiger partial charge in [-0.05, 0) is 52.9 Å². The van der Waals surface area contributed by atoms with Crippen molar-refractivity contribution in [3.63, 3.8) is 0 Å². The molecule has 0 bridgehead atoms. The second kappa shape index (κ2) is 16.8. The van der Waals surface area contributed by atoms with Crippen molar-refractivity contribution in [3.8, 4) is 0 Å². The standard InChI is InChI=1S/C23H44N4O4/c1-7-20(28)18(26(5)9-3)13-11-15-24-22(30)17-23(31)25-16-12-14-19(21(29)8-2)27(6)10-4/h18-19H,7-17H2,1-6H3,(H,24,30)(H,25,31)/t18-,19-/m1/s1. The summed E-state index contributed by atoms with van der Waals surface area (Å²) in [6.07, 6.45) is 3.55. The lowest BCUT2D eigenvalue weighted by Crippen LogP contribution is -2.39. The van der Waals surface area contributed by atoms with Gasteiger partial charge in [-0.15, -0.1) is 0 Å². The van der Waals surface area contributed by atoms with Crippen molar-refractivity contribution in [2.75, 3.05) is 40.3 Å². The highest BCUT2D eigenvalue weighted by Crippen LogP contribution is 2.09. The summed E-state index contributed by atoms with van der Waals surface area (Å²) in [6.45, 7) is 10.2. The van der Waals surface area contributed by atoms with Gasteiger partial charge >= 0.3 is 0 Å². The molecule has 0 unspecified atom stereocenters. The van der Waals surface area contributed by atoms with Gasteiger partial charge < -0.3 is 10.6 Å². The number of ketones is 2. The molecule has 0 aromatic rings. The van der Waals surface area contributed by atoms with Gasteiger partial charge in [0.1, 0.15) is 18.0 Å². The zero-order valence-electron chi connectivity index (χ0n) is 20.5. The van der Waals surface area contributed by atoms with Crippen LogP contribution < -0.4 is 10.6 Å². The first-order valence-corrected chi connectivity index (χ1v) is 11.7. The van der Waals surface area contributed by atoms with Crippen LogP contribution in [0.4, 0.5) is 0 Å². The number of Topliss-reactive ketones (excluding diaryl/α,β-unsaturated/α-hetero) is 2. The average molecular weight is 441 g/mol. The van der Waals surface area contributed by atoms with Gasteiger partial charge in [-0.25, -0.2) is 0 Å². The highest BCUT2D eigenvalue weighted by Gasteiger charge is 2.21. The molecule has 0 spiro atoms. The van der Waals surface area contributed by atoms with Crippen molar-refractivity contribution >= 4 is 23.4 Å². The number of likely N-dealkylation sites (N-methyl/N-ethyl adjacent to an activating group) is 2. The van der Waals surface area contributed by atoms with Crippen LogP contribution >= 0.6 is 0 Å². The first-order chi connectivity index (χ1) is 14.7. The van der Waals surface area contributed by atoms with E-state index in [1.54, 1.807) is 0 Å². The summed E-state index contributed by atoms with van der Waals surface area (Å²) < 4.78 is 0. The van der Waals surface area contributed by atoms with E-state index in [4.69, 9.17) is 0 Å². The molecule has 2 atom stereocenters. The van der Waals surface area contributed by atoms with Gasteiger partial charge in [-0.1, -0.05) is 27.7 Å². The van der Waals surface area contributed by atoms with Crippen LogP contribution in [-0.2, 0) is 19.2 Å². The maximum Gasteiger partial charge on any atom is 0.229 e. The van der Waals surface area contributed by atoms with Crippen LogP contribution in [0.3, 0.4) is 0 Å². The summed E-state index contributed by atoms with van der Waals surface area (Å²) in [7, 11) is 3.86. The molecule has 2 amide bonds. The van der Waals surface area contributed by atoms with Crippen LogP contribution in [-0.4, -0.2) is 85.5 Å². The molecule has 2 N–H and O–H groups in total. The van der Waals surface area contributed by atoms with Gasteiger partial charge in [0, 0.05) is 25.9 Å². The summed E-state index contributed by atoms with van der Waals surface area (Å²) in [5, 5.41) is 5.51. The lowest BCUT2D eigenvalue weighted by atomic mass is 10.0. The zero-order chi connectivity index (χ0) is 23.8. The normalized spacial score (nSPS) is 13.2. The first kappa shape index (κ1) is 29.2. The maximum atomic E-state index is 12.1. The molecule has 8 nitrogen and oxygen atoms in total. The molecule has 0 aromatic carbocycles. The van der Waals surface area contributed by atoms with E-state index in [-0.39, 0.29) is 41.9 Å². The highest BCUT2D eigenvalue weighted by molar-refractivity contribution is 5.96. The number of carbonyl (C=O) groups excluding carboxylic acids is 4. The third-order valence-corrected chi connectivity index (χ3v) is 5.78. The van der Waals surface area contributed by atoms with E-state index < -0.39 is 0 Å². The monoisotopic (exact) mass is 440 g/mol. The quantitative estimate of drug-likeness (QED) is 0.249. The highest BCUT2D eigenvalue weighted by atomic mass is 16.2. The molecular weight excluding hydrogens is 396 g/mol. The van der Waals surface area contributed by atoms with Crippen LogP contribution in [0.2, 0.25) is 0 Å². The van der Waals surface area contributed by atoms with Crippen LogP contribution in [0.15, 0.2) is 0 Å². The van der Waals surface area contributed by atoms with E-state index in [1.165, 1.54) is 0 Å². The maximum absolute atomic E-state index is 12.1. The summed E-state index contributed by atoms with van der Waals surface area (Å²) in [4.78, 5) is 52.1. The summed E-state index contributed by atoms with van der Waals surface area (Å²) in [6, 6.07) is -0.240. The van der Waals surface area contributed by atoms with Gasteiger partial charge in [0.05, 0.1) is 12.1 Å². The number of carbonyl (C=O) groups is 4. The Kier molecular flexibility index (Phi) is 15.9. The van der Waals surface area contributed by atoms with E-state index >= 15 is 0 Å². The Labute approximate surface area is 188 Å². The third kappa shape index (κ3) is 12.0. The first-order valence-electron chi connectivity index (χ1n) is 11.7. The van der Waals surface area contributed by atoms with E-state index in [0.717, 1.165) is 13.1 Å². The number of hydrogen-bond donors (Lipinski definition) is 2. The van der Waals surface area contributed by atoms with Crippen molar-refractivity contribution in [1.82, 2.24) is 20.4 Å². The molecule has 0 saturated carbocycles. The van der Waals surface area contributed by atoms with Crippen molar-refractivity contribution in [3.05, 3.63) is 0 Å². The fraction of sp³-hybridized carbons (Fsp3) is 0.826. The molecule has 0 aliphatic carbocycles. The minimum atomic E-state index is -0.315.